The number of hydrogen-bond donors (Lipinski definition) is 1. The van der Waals surface area contributed by atoms with Crippen molar-refractivity contribution < 1.29 is 0 Å². The molecule has 30 heavy (non-hydrogen) atoms. The third-order valence-corrected chi connectivity index (χ3v) is 6.92. The number of hydrogen-bond acceptors (Lipinski definition) is 1. The van der Waals surface area contributed by atoms with E-state index in [2.05, 4.69) is 26.2 Å². The fraction of sp³-hybridized carbons (Fsp3) is 1.00. The fourth-order valence-corrected chi connectivity index (χ4v) is 4.83. The Labute approximate surface area is 193 Å². The minimum Gasteiger partial charge on any atom is -0.319 e. The molecule has 0 rings (SSSR count). The molecule has 0 aromatic rings. The van der Waals surface area contributed by atoms with Crippen molar-refractivity contribution in [2.24, 2.45) is 5.92 Å². The molecule has 0 heterocycles. The highest BCUT2D eigenvalue weighted by molar-refractivity contribution is 4.63. The van der Waals surface area contributed by atoms with Crippen molar-refractivity contribution in [1.82, 2.24) is 5.32 Å². The Bertz CT molecular complexity index is 288. The van der Waals surface area contributed by atoms with Crippen molar-refractivity contribution in [3.8, 4) is 0 Å². The summed E-state index contributed by atoms with van der Waals surface area (Å²) < 4.78 is 0. The van der Waals surface area contributed by atoms with E-state index in [0.717, 1.165) is 5.92 Å². The molecule has 1 atom stereocenters. The van der Waals surface area contributed by atoms with Crippen LogP contribution in [-0.4, -0.2) is 13.6 Å². The van der Waals surface area contributed by atoms with Gasteiger partial charge in [0, 0.05) is 0 Å². The molecule has 0 bridgehead atoms. The summed E-state index contributed by atoms with van der Waals surface area (Å²) in [4.78, 5) is 0. The Morgan fingerprint density at radius 3 is 0.933 bits per heavy atom. The quantitative estimate of drug-likeness (QED) is 0.136. The Kier molecular flexibility index (Phi) is 27.0. The van der Waals surface area contributed by atoms with Crippen LogP contribution in [0.2, 0.25) is 0 Å². The molecule has 182 valence electrons. The zero-order valence-corrected chi connectivity index (χ0v) is 21.8. The van der Waals surface area contributed by atoms with E-state index in [4.69, 9.17) is 0 Å². The number of unbranched alkanes of at least 4 members (excludes halogenated alkanes) is 20. The van der Waals surface area contributed by atoms with Gasteiger partial charge in [0.1, 0.15) is 0 Å². The molecule has 1 nitrogen and oxygen atoms in total. The predicted octanol–water partition coefficient (Wildman–Crippen LogP) is 10.2. The van der Waals surface area contributed by atoms with Gasteiger partial charge in [-0.05, 0) is 32.4 Å². The highest BCUT2D eigenvalue weighted by atomic mass is 14.8. The molecule has 0 aromatic carbocycles. The Morgan fingerprint density at radius 1 is 0.400 bits per heavy atom. The maximum atomic E-state index is 3.45. The van der Waals surface area contributed by atoms with Gasteiger partial charge in [-0.25, -0.2) is 0 Å². The molecule has 0 fully saturated rings. The van der Waals surface area contributed by atoms with Crippen molar-refractivity contribution in [3.63, 3.8) is 0 Å². The molecule has 0 amide bonds. The number of rotatable bonds is 26. The minimum absolute atomic E-state index is 0.923. The summed E-state index contributed by atoms with van der Waals surface area (Å²) in [6.07, 6.45) is 35.0. The maximum Gasteiger partial charge on any atom is -0.00235 e. The molecular weight excluding hydrogens is 362 g/mol. The van der Waals surface area contributed by atoms with Crippen molar-refractivity contribution in [2.75, 3.05) is 13.6 Å². The van der Waals surface area contributed by atoms with Gasteiger partial charge in [-0.1, -0.05) is 155 Å². The van der Waals surface area contributed by atoms with Gasteiger partial charge in [0.05, 0.1) is 0 Å². The molecule has 0 aliphatic carbocycles. The standard InChI is InChI=1S/C29H61N/c1-4-6-8-10-12-14-16-17-19-21-23-25-27-29(28-30-3)26-24-22-20-18-15-13-11-9-7-5-2/h29-30H,4-28H2,1-3H3. The topological polar surface area (TPSA) is 12.0 Å². The SMILES string of the molecule is CCCCCCCCCCCCCCC(CCCCCCCCCCCC)CNC. The van der Waals surface area contributed by atoms with Gasteiger partial charge in [-0.2, -0.15) is 0 Å². The zero-order valence-electron chi connectivity index (χ0n) is 21.8. The van der Waals surface area contributed by atoms with Gasteiger partial charge in [-0.3, -0.25) is 0 Å². The van der Waals surface area contributed by atoms with Gasteiger partial charge < -0.3 is 5.32 Å². The molecule has 0 saturated heterocycles. The molecule has 0 spiro atoms. The van der Waals surface area contributed by atoms with E-state index in [9.17, 15) is 0 Å². The first-order chi connectivity index (χ1) is 14.8. The molecule has 1 heteroatoms. The van der Waals surface area contributed by atoms with E-state index in [0.29, 0.717) is 0 Å². The highest BCUT2D eigenvalue weighted by Gasteiger charge is 2.07. The minimum atomic E-state index is 0.923. The molecular formula is C29H61N. The van der Waals surface area contributed by atoms with E-state index in [-0.39, 0.29) is 0 Å². The second kappa shape index (κ2) is 27.0. The van der Waals surface area contributed by atoms with Crippen LogP contribution in [0.1, 0.15) is 168 Å². The van der Waals surface area contributed by atoms with Crippen molar-refractivity contribution in [3.05, 3.63) is 0 Å². The lowest BCUT2D eigenvalue weighted by Crippen LogP contribution is -2.18. The summed E-state index contributed by atoms with van der Waals surface area (Å²) in [5.74, 6) is 0.923. The zero-order chi connectivity index (χ0) is 22.0. The Balaban J connectivity index is 3.39. The van der Waals surface area contributed by atoms with Crippen molar-refractivity contribution in [1.29, 1.82) is 0 Å². The lowest BCUT2D eigenvalue weighted by Gasteiger charge is -2.16. The third-order valence-electron chi connectivity index (χ3n) is 6.92. The van der Waals surface area contributed by atoms with E-state index in [1.54, 1.807) is 0 Å². The molecule has 0 aromatic heterocycles. The first kappa shape index (κ1) is 30.0. The summed E-state index contributed by atoms with van der Waals surface area (Å²) in [6.45, 7) is 5.84. The summed E-state index contributed by atoms with van der Waals surface area (Å²) in [7, 11) is 2.13. The van der Waals surface area contributed by atoms with E-state index < -0.39 is 0 Å². The Hall–Kier alpha value is -0.0400. The van der Waals surface area contributed by atoms with Crippen LogP contribution in [0.25, 0.3) is 0 Å². The first-order valence-electron chi connectivity index (χ1n) is 14.5. The fourth-order valence-electron chi connectivity index (χ4n) is 4.83. The third kappa shape index (κ3) is 24.2. The first-order valence-corrected chi connectivity index (χ1v) is 14.5. The van der Waals surface area contributed by atoms with Crippen molar-refractivity contribution >= 4 is 0 Å². The lowest BCUT2D eigenvalue weighted by atomic mass is 9.94. The van der Waals surface area contributed by atoms with Crippen LogP contribution < -0.4 is 5.32 Å². The van der Waals surface area contributed by atoms with Gasteiger partial charge >= 0.3 is 0 Å². The van der Waals surface area contributed by atoms with E-state index >= 15 is 0 Å². The summed E-state index contributed by atoms with van der Waals surface area (Å²) >= 11 is 0. The summed E-state index contributed by atoms with van der Waals surface area (Å²) in [5.41, 5.74) is 0. The second-order valence-electron chi connectivity index (χ2n) is 10.1. The van der Waals surface area contributed by atoms with Crippen LogP contribution in [-0.2, 0) is 0 Å². The van der Waals surface area contributed by atoms with Gasteiger partial charge in [0.25, 0.3) is 0 Å². The smallest absolute Gasteiger partial charge is 0.00235 e. The second-order valence-corrected chi connectivity index (χ2v) is 10.1. The molecule has 0 radical (unpaired) electrons. The van der Waals surface area contributed by atoms with Gasteiger partial charge in [0.2, 0.25) is 0 Å². The van der Waals surface area contributed by atoms with Crippen LogP contribution in [0.15, 0.2) is 0 Å². The maximum absolute atomic E-state index is 3.45. The van der Waals surface area contributed by atoms with Gasteiger partial charge in [0.15, 0.2) is 0 Å². The van der Waals surface area contributed by atoms with Crippen LogP contribution in [0.4, 0.5) is 0 Å². The highest BCUT2D eigenvalue weighted by Crippen LogP contribution is 2.19. The molecule has 0 saturated carbocycles. The summed E-state index contributed by atoms with van der Waals surface area (Å²) in [5, 5.41) is 3.45. The van der Waals surface area contributed by atoms with E-state index in [1.807, 2.05) is 0 Å². The summed E-state index contributed by atoms with van der Waals surface area (Å²) in [6, 6.07) is 0. The van der Waals surface area contributed by atoms with Crippen LogP contribution in [0.5, 0.6) is 0 Å². The average Bonchev–Trinajstić information content (AvgIpc) is 2.75. The largest absolute Gasteiger partial charge is 0.319 e. The molecule has 0 aliphatic rings. The molecule has 0 aliphatic heterocycles. The van der Waals surface area contributed by atoms with Crippen LogP contribution >= 0.6 is 0 Å². The predicted molar refractivity (Wildman–Crippen MR) is 140 cm³/mol. The monoisotopic (exact) mass is 423 g/mol. The Morgan fingerprint density at radius 2 is 0.667 bits per heavy atom. The molecule has 1 unspecified atom stereocenters. The van der Waals surface area contributed by atoms with Gasteiger partial charge in [-0.15, -0.1) is 0 Å². The normalized spacial score (nSPS) is 12.5. The number of nitrogens with one attached hydrogen (secondary N) is 1. The van der Waals surface area contributed by atoms with E-state index in [1.165, 1.54) is 161 Å². The molecule has 1 N–H and O–H groups in total. The lowest BCUT2D eigenvalue weighted by molar-refractivity contribution is 0.390. The van der Waals surface area contributed by atoms with Crippen LogP contribution in [0.3, 0.4) is 0 Å². The average molecular weight is 424 g/mol. The van der Waals surface area contributed by atoms with Crippen molar-refractivity contribution in [2.45, 2.75) is 168 Å². The van der Waals surface area contributed by atoms with Crippen LogP contribution in [0, 0.1) is 5.92 Å².